The molecule has 0 bridgehead atoms. The van der Waals surface area contributed by atoms with E-state index in [-0.39, 0.29) is 0 Å². The Morgan fingerprint density at radius 1 is 1.16 bits per heavy atom. The molecule has 134 valence electrons. The molecule has 2 aromatic rings. The highest BCUT2D eigenvalue weighted by molar-refractivity contribution is 6.30. The van der Waals surface area contributed by atoms with E-state index in [1.54, 1.807) is 6.33 Å². The topological polar surface area (TPSA) is 57.3 Å². The van der Waals surface area contributed by atoms with Crippen LogP contribution in [0.3, 0.4) is 0 Å². The van der Waals surface area contributed by atoms with Crippen molar-refractivity contribution in [1.29, 1.82) is 0 Å². The number of hydrogen-bond acceptors (Lipinski definition) is 5. The van der Waals surface area contributed by atoms with Crippen LogP contribution in [0.4, 0.5) is 5.95 Å². The van der Waals surface area contributed by atoms with Gasteiger partial charge in [0.15, 0.2) is 0 Å². The van der Waals surface area contributed by atoms with Crippen molar-refractivity contribution in [2.24, 2.45) is 0 Å². The minimum atomic E-state index is 0.440. The van der Waals surface area contributed by atoms with Crippen molar-refractivity contribution in [3.8, 4) is 0 Å². The Balaban J connectivity index is 1.38. The minimum absolute atomic E-state index is 0.440. The molecule has 0 spiro atoms. The maximum Gasteiger partial charge on any atom is 0.244 e. The zero-order chi connectivity index (χ0) is 17.1. The fourth-order valence-corrected chi connectivity index (χ4v) is 4.10. The smallest absolute Gasteiger partial charge is 0.244 e. The van der Waals surface area contributed by atoms with Gasteiger partial charge in [-0.15, -0.1) is 5.10 Å². The SMILES string of the molecule is Clc1ccc(CC2COCCN2C2CCN(c3nc[nH]n3)CC2)cc1. The van der Waals surface area contributed by atoms with Crippen molar-refractivity contribution < 1.29 is 4.74 Å². The summed E-state index contributed by atoms with van der Waals surface area (Å²) in [5.74, 6) is 0.818. The number of aromatic amines is 1. The number of nitrogens with one attached hydrogen (secondary N) is 1. The van der Waals surface area contributed by atoms with E-state index in [2.05, 4.69) is 37.1 Å². The lowest BCUT2D eigenvalue weighted by Gasteiger charge is -2.44. The molecule has 6 nitrogen and oxygen atoms in total. The quantitative estimate of drug-likeness (QED) is 0.906. The maximum atomic E-state index is 6.01. The lowest BCUT2D eigenvalue weighted by molar-refractivity contribution is -0.0331. The molecule has 1 atom stereocenters. The van der Waals surface area contributed by atoms with Gasteiger partial charge in [-0.1, -0.05) is 23.7 Å². The number of H-pyrrole nitrogens is 1. The summed E-state index contributed by atoms with van der Waals surface area (Å²) in [7, 11) is 0. The number of aromatic nitrogens is 3. The van der Waals surface area contributed by atoms with E-state index >= 15 is 0 Å². The molecular weight excluding hydrogens is 338 g/mol. The van der Waals surface area contributed by atoms with E-state index in [1.807, 2.05) is 12.1 Å². The highest BCUT2D eigenvalue weighted by Gasteiger charge is 2.32. The van der Waals surface area contributed by atoms with Crippen LogP contribution in [-0.4, -0.2) is 65.0 Å². The standard InChI is InChI=1S/C18H24ClN5O/c19-15-3-1-14(2-4-15)11-17-12-25-10-9-24(17)16-5-7-23(8-6-16)18-20-13-21-22-18/h1-4,13,16-17H,5-12H2,(H,20,21,22). The van der Waals surface area contributed by atoms with Gasteiger partial charge in [-0.2, -0.15) is 0 Å². The number of hydrogen-bond donors (Lipinski definition) is 1. The van der Waals surface area contributed by atoms with Crippen LogP contribution in [-0.2, 0) is 11.2 Å². The van der Waals surface area contributed by atoms with Gasteiger partial charge in [0, 0.05) is 36.7 Å². The number of benzene rings is 1. The molecule has 2 aliphatic heterocycles. The molecule has 7 heteroatoms. The summed E-state index contributed by atoms with van der Waals surface area (Å²) in [5, 5.41) is 7.79. The normalized spacial score (nSPS) is 23.1. The summed E-state index contributed by atoms with van der Waals surface area (Å²) in [5.41, 5.74) is 1.32. The second-order valence-corrected chi connectivity index (χ2v) is 7.25. The predicted molar refractivity (Wildman–Crippen MR) is 98.1 cm³/mol. The van der Waals surface area contributed by atoms with Crippen molar-refractivity contribution >= 4 is 17.5 Å². The molecule has 0 amide bonds. The molecule has 1 N–H and O–H groups in total. The summed E-state index contributed by atoms with van der Waals surface area (Å²) in [4.78, 5) is 9.20. The first-order valence-corrected chi connectivity index (χ1v) is 9.36. The molecular formula is C18H24ClN5O. The molecule has 2 aliphatic rings. The van der Waals surface area contributed by atoms with Gasteiger partial charge in [0.05, 0.1) is 13.2 Å². The lowest BCUT2D eigenvalue weighted by atomic mass is 9.97. The molecule has 0 aliphatic carbocycles. The van der Waals surface area contributed by atoms with Crippen LogP contribution in [0.15, 0.2) is 30.6 Å². The number of ether oxygens (including phenoxy) is 1. The minimum Gasteiger partial charge on any atom is -0.378 e. The van der Waals surface area contributed by atoms with Crippen LogP contribution in [0.5, 0.6) is 0 Å². The zero-order valence-electron chi connectivity index (χ0n) is 14.3. The van der Waals surface area contributed by atoms with E-state index in [9.17, 15) is 0 Å². The van der Waals surface area contributed by atoms with Crippen LogP contribution in [0, 0.1) is 0 Å². The summed E-state index contributed by atoms with van der Waals surface area (Å²) >= 11 is 6.01. The van der Waals surface area contributed by atoms with E-state index in [0.29, 0.717) is 12.1 Å². The Morgan fingerprint density at radius 2 is 1.96 bits per heavy atom. The fourth-order valence-electron chi connectivity index (χ4n) is 3.97. The van der Waals surface area contributed by atoms with Gasteiger partial charge in [-0.3, -0.25) is 10.00 Å². The van der Waals surface area contributed by atoms with Crippen LogP contribution >= 0.6 is 11.6 Å². The van der Waals surface area contributed by atoms with Crippen molar-refractivity contribution in [3.05, 3.63) is 41.2 Å². The predicted octanol–water partition coefficient (Wildman–Crippen LogP) is 2.37. The summed E-state index contributed by atoms with van der Waals surface area (Å²) in [6, 6.07) is 9.24. The van der Waals surface area contributed by atoms with Gasteiger partial charge in [0.1, 0.15) is 6.33 Å². The lowest BCUT2D eigenvalue weighted by Crippen LogP contribution is -2.54. The van der Waals surface area contributed by atoms with Gasteiger partial charge in [0.2, 0.25) is 5.95 Å². The Kier molecular flexibility index (Phi) is 5.20. The molecule has 0 saturated carbocycles. The van der Waals surface area contributed by atoms with Gasteiger partial charge in [-0.25, -0.2) is 4.98 Å². The number of halogens is 1. The summed E-state index contributed by atoms with van der Waals surface area (Å²) in [6.07, 6.45) is 4.95. The van der Waals surface area contributed by atoms with E-state index in [4.69, 9.17) is 16.3 Å². The Hall–Kier alpha value is -1.63. The molecule has 2 saturated heterocycles. The fraction of sp³-hybridized carbons (Fsp3) is 0.556. The molecule has 1 aromatic heterocycles. The molecule has 4 rings (SSSR count). The Bertz CT molecular complexity index is 655. The third-order valence-corrected chi connectivity index (χ3v) is 5.53. The number of rotatable bonds is 4. The summed E-state index contributed by atoms with van der Waals surface area (Å²) < 4.78 is 5.78. The van der Waals surface area contributed by atoms with E-state index < -0.39 is 0 Å². The van der Waals surface area contributed by atoms with Crippen molar-refractivity contribution in [3.63, 3.8) is 0 Å². The number of morpholine rings is 1. The zero-order valence-corrected chi connectivity index (χ0v) is 15.0. The maximum absolute atomic E-state index is 6.01. The van der Waals surface area contributed by atoms with Crippen LogP contribution in [0.1, 0.15) is 18.4 Å². The molecule has 3 heterocycles. The molecule has 2 fully saturated rings. The molecule has 1 unspecified atom stereocenters. The summed E-state index contributed by atoms with van der Waals surface area (Å²) in [6.45, 7) is 4.67. The average molecular weight is 362 g/mol. The van der Waals surface area contributed by atoms with Crippen LogP contribution < -0.4 is 4.90 Å². The second kappa shape index (κ2) is 7.72. The highest BCUT2D eigenvalue weighted by Crippen LogP contribution is 2.24. The number of nitrogens with zero attached hydrogens (tertiary/aromatic N) is 4. The number of piperidine rings is 1. The van der Waals surface area contributed by atoms with E-state index in [1.165, 1.54) is 5.56 Å². The monoisotopic (exact) mass is 361 g/mol. The first kappa shape index (κ1) is 16.8. The Labute approximate surface area is 153 Å². The van der Waals surface area contributed by atoms with Crippen molar-refractivity contribution in [2.45, 2.75) is 31.3 Å². The van der Waals surface area contributed by atoms with Crippen LogP contribution in [0.25, 0.3) is 0 Å². The van der Waals surface area contributed by atoms with Crippen molar-refractivity contribution in [2.75, 3.05) is 37.7 Å². The first-order chi connectivity index (χ1) is 12.3. The number of anilines is 1. The van der Waals surface area contributed by atoms with Crippen LogP contribution in [0.2, 0.25) is 5.02 Å². The van der Waals surface area contributed by atoms with Gasteiger partial charge < -0.3 is 9.64 Å². The van der Waals surface area contributed by atoms with Gasteiger partial charge >= 0.3 is 0 Å². The Morgan fingerprint density at radius 3 is 2.68 bits per heavy atom. The third-order valence-electron chi connectivity index (χ3n) is 5.28. The van der Waals surface area contributed by atoms with Gasteiger partial charge in [-0.05, 0) is 37.0 Å². The van der Waals surface area contributed by atoms with E-state index in [0.717, 1.165) is 63.1 Å². The average Bonchev–Trinajstić information content (AvgIpc) is 3.19. The molecule has 0 radical (unpaired) electrons. The third kappa shape index (κ3) is 3.97. The molecule has 25 heavy (non-hydrogen) atoms. The largest absolute Gasteiger partial charge is 0.378 e. The first-order valence-electron chi connectivity index (χ1n) is 8.98. The molecule has 1 aromatic carbocycles. The van der Waals surface area contributed by atoms with Crippen molar-refractivity contribution in [1.82, 2.24) is 20.1 Å². The second-order valence-electron chi connectivity index (χ2n) is 6.81. The highest BCUT2D eigenvalue weighted by atomic mass is 35.5. The van der Waals surface area contributed by atoms with Gasteiger partial charge in [0.25, 0.3) is 0 Å².